The molecule has 118 valence electrons. The van der Waals surface area contributed by atoms with Crippen LogP contribution in [0.4, 0.5) is 0 Å². The molecule has 0 saturated heterocycles. The van der Waals surface area contributed by atoms with Crippen molar-refractivity contribution >= 4 is 18.3 Å². The minimum Gasteiger partial charge on any atom is -0.454 e. The van der Waals surface area contributed by atoms with Gasteiger partial charge in [-0.15, -0.1) is 12.4 Å². The smallest absolute Gasteiger partial charge is 0.231 e. The highest BCUT2D eigenvalue weighted by Crippen LogP contribution is 2.32. The molecule has 0 saturated carbocycles. The van der Waals surface area contributed by atoms with Gasteiger partial charge in [0.15, 0.2) is 11.5 Å². The molecule has 1 N–H and O–H groups in total. The maximum Gasteiger partial charge on any atom is 0.231 e. The summed E-state index contributed by atoms with van der Waals surface area (Å²) in [6, 6.07) is 5.83. The molecular formula is C15H23ClN2O3. The van der Waals surface area contributed by atoms with Crippen LogP contribution >= 0.6 is 12.4 Å². The van der Waals surface area contributed by atoms with Crippen LogP contribution in [0.25, 0.3) is 0 Å². The summed E-state index contributed by atoms with van der Waals surface area (Å²) in [4.78, 5) is 14.0. The predicted octanol–water partition coefficient (Wildman–Crippen LogP) is 2.19. The molecule has 21 heavy (non-hydrogen) atoms. The second-order valence-electron chi connectivity index (χ2n) is 4.80. The second kappa shape index (κ2) is 8.74. The van der Waals surface area contributed by atoms with E-state index in [-0.39, 0.29) is 25.1 Å². The number of hydrogen-bond donors (Lipinski definition) is 1. The van der Waals surface area contributed by atoms with E-state index < -0.39 is 0 Å². The molecule has 6 heteroatoms. The lowest BCUT2D eigenvalue weighted by Gasteiger charge is -2.21. The highest BCUT2D eigenvalue weighted by atomic mass is 35.5. The number of amides is 1. The zero-order chi connectivity index (χ0) is 14.4. The van der Waals surface area contributed by atoms with E-state index in [1.807, 2.05) is 37.1 Å². The Balaban J connectivity index is 0.00000220. The standard InChI is InChI=1S/C15H22N2O3.ClH/c1-3-17(15(18)5-4-8-16-2)10-12-6-7-13-14(9-12)20-11-19-13;/h6-7,9,16H,3-5,8,10-11H2,1-2H3;1H. The molecule has 1 amide bonds. The van der Waals surface area contributed by atoms with Crippen LogP contribution in [0, 0.1) is 0 Å². The number of rotatable bonds is 7. The van der Waals surface area contributed by atoms with E-state index in [2.05, 4.69) is 5.32 Å². The van der Waals surface area contributed by atoms with Crippen LogP contribution in [0.5, 0.6) is 11.5 Å². The van der Waals surface area contributed by atoms with Crippen molar-refractivity contribution in [3.63, 3.8) is 0 Å². The van der Waals surface area contributed by atoms with E-state index in [4.69, 9.17) is 9.47 Å². The molecule has 0 aromatic heterocycles. The molecule has 0 spiro atoms. The Labute approximate surface area is 132 Å². The van der Waals surface area contributed by atoms with Gasteiger partial charge < -0.3 is 19.7 Å². The highest BCUT2D eigenvalue weighted by Gasteiger charge is 2.16. The third kappa shape index (κ3) is 4.79. The molecule has 5 nitrogen and oxygen atoms in total. The average molecular weight is 315 g/mol. The number of ether oxygens (including phenoxy) is 2. The van der Waals surface area contributed by atoms with E-state index in [0.29, 0.717) is 19.5 Å². The van der Waals surface area contributed by atoms with Gasteiger partial charge in [-0.1, -0.05) is 6.07 Å². The van der Waals surface area contributed by atoms with Crippen molar-refractivity contribution in [3.05, 3.63) is 23.8 Å². The Kier molecular flexibility index (Phi) is 7.32. The summed E-state index contributed by atoms with van der Waals surface area (Å²) in [7, 11) is 1.90. The van der Waals surface area contributed by atoms with Crippen LogP contribution in [-0.4, -0.2) is 37.7 Å². The van der Waals surface area contributed by atoms with Crippen LogP contribution in [0.3, 0.4) is 0 Å². The summed E-state index contributed by atoms with van der Waals surface area (Å²) in [6.45, 7) is 4.48. The van der Waals surface area contributed by atoms with Gasteiger partial charge in [-0.3, -0.25) is 4.79 Å². The van der Waals surface area contributed by atoms with E-state index >= 15 is 0 Å². The van der Waals surface area contributed by atoms with Gasteiger partial charge in [0.2, 0.25) is 12.7 Å². The molecule has 2 rings (SSSR count). The number of halogens is 1. The highest BCUT2D eigenvalue weighted by molar-refractivity contribution is 5.85. The van der Waals surface area contributed by atoms with Crippen molar-refractivity contribution in [1.29, 1.82) is 0 Å². The summed E-state index contributed by atoms with van der Waals surface area (Å²) in [6.07, 6.45) is 1.45. The lowest BCUT2D eigenvalue weighted by molar-refractivity contribution is -0.131. The molecule has 1 aromatic carbocycles. The fourth-order valence-corrected chi connectivity index (χ4v) is 2.21. The molecule has 1 heterocycles. The first kappa shape index (κ1) is 17.6. The van der Waals surface area contributed by atoms with Crippen molar-refractivity contribution in [3.8, 4) is 11.5 Å². The number of nitrogens with one attached hydrogen (secondary N) is 1. The Bertz CT molecular complexity index is 468. The van der Waals surface area contributed by atoms with E-state index in [1.54, 1.807) is 0 Å². The predicted molar refractivity (Wildman–Crippen MR) is 84.1 cm³/mol. The molecule has 0 radical (unpaired) electrons. The number of fused-ring (bicyclic) bond motifs is 1. The monoisotopic (exact) mass is 314 g/mol. The Hall–Kier alpha value is -1.46. The Morgan fingerprint density at radius 1 is 1.33 bits per heavy atom. The molecular weight excluding hydrogens is 292 g/mol. The molecule has 1 aromatic rings. The van der Waals surface area contributed by atoms with Crippen molar-refractivity contribution in [2.45, 2.75) is 26.3 Å². The van der Waals surface area contributed by atoms with Gasteiger partial charge in [0.05, 0.1) is 0 Å². The number of carbonyl (C=O) groups is 1. The Morgan fingerprint density at radius 3 is 2.81 bits per heavy atom. The van der Waals surface area contributed by atoms with Gasteiger partial charge in [-0.25, -0.2) is 0 Å². The zero-order valence-electron chi connectivity index (χ0n) is 12.6. The van der Waals surface area contributed by atoms with E-state index in [1.165, 1.54) is 0 Å². The van der Waals surface area contributed by atoms with Gasteiger partial charge in [0.25, 0.3) is 0 Å². The SMILES string of the molecule is CCN(Cc1ccc2c(c1)OCO2)C(=O)CCCNC.Cl. The van der Waals surface area contributed by atoms with Crippen molar-refractivity contribution in [1.82, 2.24) is 10.2 Å². The molecule has 0 aliphatic carbocycles. The maximum atomic E-state index is 12.1. The van der Waals surface area contributed by atoms with Gasteiger partial charge in [0.1, 0.15) is 0 Å². The van der Waals surface area contributed by atoms with Crippen LogP contribution in [0.1, 0.15) is 25.3 Å². The largest absolute Gasteiger partial charge is 0.454 e. The summed E-state index contributed by atoms with van der Waals surface area (Å²) >= 11 is 0. The first-order valence-corrected chi connectivity index (χ1v) is 7.05. The fraction of sp³-hybridized carbons (Fsp3) is 0.533. The second-order valence-corrected chi connectivity index (χ2v) is 4.80. The minimum atomic E-state index is 0. The number of carbonyl (C=O) groups excluding carboxylic acids is 1. The fourth-order valence-electron chi connectivity index (χ4n) is 2.21. The third-order valence-electron chi connectivity index (χ3n) is 3.36. The molecule has 1 aliphatic rings. The third-order valence-corrected chi connectivity index (χ3v) is 3.36. The van der Waals surface area contributed by atoms with E-state index in [9.17, 15) is 4.79 Å². The van der Waals surface area contributed by atoms with Gasteiger partial charge in [0, 0.05) is 19.5 Å². The topological polar surface area (TPSA) is 50.8 Å². The molecule has 1 aliphatic heterocycles. The number of benzene rings is 1. The van der Waals surface area contributed by atoms with Crippen molar-refractivity contribution in [2.24, 2.45) is 0 Å². The molecule has 0 bridgehead atoms. The van der Waals surface area contributed by atoms with Crippen molar-refractivity contribution in [2.75, 3.05) is 26.9 Å². The Morgan fingerprint density at radius 2 is 2.10 bits per heavy atom. The summed E-state index contributed by atoms with van der Waals surface area (Å²) < 4.78 is 10.6. The van der Waals surface area contributed by atoms with Crippen LogP contribution in [0.15, 0.2) is 18.2 Å². The lowest BCUT2D eigenvalue weighted by Crippen LogP contribution is -2.30. The molecule has 0 fully saturated rings. The van der Waals surface area contributed by atoms with Crippen molar-refractivity contribution < 1.29 is 14.3 Å². The summed E-state index contributed by atoms with van der Waals surface area (Å²) in [5.41, 5.74) is 1.07. The quantitative estimate of drug-likeness (QED) is 0.784. The number of nitrogens with zero attached hydrogens (tertiary/aromatic N) is 1. The molecule has 0 unspecified atom stereocenters. The minimum absolute atomic E-state index is 0. The average Bonchev–Trinajstić information content (AvgIpc) is 2.92. The number of hydrogen-bond acceptors (Lipinski definition) is 4. The summed E-state index contributed by atoms with van der Waals surface area (Å²) in [5.74, 6) is 1.73. The zero-order valence-corrected chi connectivity index (χ0v) is 13.4. The first-order chi connectivity index (χ1) is 9.74. The van der Waals surface area contributed by atoms with Gasteiger partial charge in [-0.05, 0) is 44.6 Å². The summed E-state index contributed by atoms with van der Waals surface area (Å²) in [5, 5.41) is 3.06. The lowest BCUT2D eigenvalue weighted by atomic mass is 10.1. The normalized spacial score (nSPS) is 11.9. The van der Waals surface area contributed by atoms with Crippen LogP contribution in [0.2, 0.25) is 0 Å². The van der Waals surface area contributed by atoms with Gasteiger partial charge >= 0.3 is 0 Å². The molecule has 0 atom stereocenters. The first-order valence-electron chi connectivity index (χ1n) is 7.05. The van der Waals surface area contributed by atoms with Crippen LogP contribution in [-0.2, 0) is 11.3 Å². The maximum absolute atomic E-state index is 12.1. The van der Waals surface area contributed by atoms with Gasteiger partial charge in [-0.2, -0.15) is 0 Å². The van der Waals surface area contributed by atoms with E-state index in [0.717, 1.165) is 30.0 Å². The van der Waals surface area contributed by atoms with Crippen LogP contribution < -0.4 is 14.8 Å².